The smallest absolute Gasteiger partial charge is 0.364 e. The molecule has 4 heteroatoms. The average Bonchev–Trinajstić information content (AvgIpc) is 3.47. The summed E-state index contributed by atoms with van der Waals surface area (Å²) in [6.07, 6.45) is 0. The van der Waals surface area contributed by atoms with E-state index in [0.717, 1.165) is 43.6 Å². The maximum absolute atomic E-state index is 6.71. The van der Waals surface area contributed by atoms with E-state index in [1.165, 1.54) is 0 Å². The Bertz CT molecular complexity index is 1120. The number of thioether (sulfide) groups is 2. The molecule has 33 heavy (non-hydrogen) atoms. The lowest BCUT2D eigenvalue weighted by Gasteiger charge is -2.23. The van der Waals surface area contributed by atoms with Crippen molar-refractivity contribution in [2.75, 3.05) is 0 Å². The largest absolute Gasteiger partial charge is 0.433 e. The van der Waals surface area contributed by atoms with Crippen molar-refractivity contribution in [2.24, 2.45) is 0 Å². The molecule has 2 heterocycles. The van der Waals surface area contributed by atoms with Gasteiger partial charge in [0.25, 0.3) is 0 Å². The van der Waals surface area contributed by atoms with Crippen LogP contribution in [0.4, 0.5) is 0 Å². The number of ether oxygens (including phenoxy) is 2. The van der Waals surface area contributed by atoms with Gasteiger partial charge < -0.3 is 9.47 Å². The molecule has 0 N–H and O–H groups in total. The molecule has 4 aromatic carbocycles. The Labute approximate surface area is 202 Å². The van der Waals surface area contributed by atoms with E-state index in [2.05, 4.69) is 72.8 Å². The van der Waals surface area contributed by atoms with E-state index in [1.807, 2.05) is 48.5 Å². The minimum absolute atomic E-state index is 0.848. The van der Waals surface area contributed by atoms with Crippen LogP contribution >= 0.6 is 23.5 Å². The summed E-state index contributed by atoms with van der Waals surface area (Å²) in [4.78, 5) is 2.16. The van der Waals surface area contributed by atoms with Crippen molar-refractivity contribution in [1.29, 1.82) is 0 Å². The first kappa shape index (κ1) is 20.3. The minimum Gasteiger partial charge on any atom is -0.433 e. The standard InChI is InChI=1S/C29H20O2S2/c1-5-13-21(14-6-1)25-27(23-17-9-3-10-18-23)32-29(30-25)31-26(22-15-7-2-8-16-22)28(33-29)24-19-11-4-12-20-24/h1-20H. The molecule has 1 spiro atoms. The van der Waals surface area contributed by atoms with Crippen molar-refractivity contribution < 1.29 is 9.47 Å². The zero-order chi connectivity index (χ0) is 22.1. The molecule has 0 fully saturated rings. The van der Waals surface area contributed by atoms with Crippen LogP contribution in [0.15, 0.2) is 121 Å². The summed E-state index contributed by atoms with van der Waals surface area (Å²) in [5.74, 6) is 1.70. The molecule has 2 aliphatic heterocycles. The summed E-state index contributed by atoms with van der Waals surface area (Å²) < 4.78 is 12.5. The van der Waals surface area contributed by atoms with Gasteiger partial charge in [-0.15, -0.1) is 0 Å². The Balaban J connectivity index is 1.44. The number of hydrogen-bond donors (Lipinski definition) is 0. The highest BCUT2D eigenvalue weighted by atomic mass is 32.2. The van der Waals surface area contributed by atoms with Gasteiger partial charge in [-0.3, -0.25) is 0 Å². The highest BCUT2D eigenvalue weighted by Crippen LogP contribution is 2.65. The van der Waals surface area contributed by atoms with Gasteiger partial charge in [-0.25, -0.2) is 0 Å². The Morgan fingerprint density at radius 1 is 0.394 bits per heavy atom. The monoisotopic (exact) mass is 464 g/mol. The van der Waals surface area contributed by atoms with Gasteiger partial charge in [0, 0.05) is 11.1 Å². The molecule has 0 atom stereocenters. The van der Waals surface area contributed by atoms with Crippen LogP contribution in [0.2, 0.25) is 0 Å². The molecule has 0 radical (unpaired) electrons. The molecule has 0 aromatic heterocycles. The van der Waals surface area contributed by atoms with Crippen LogP contribution in [0.3, 0.4) is 0 Å². The van der Waals surface area contributed by atoms with Crippen LogP contribution in [0, 0.1) is 0 Å². The van der Waals surface area contributed by atoms with Gasteiger partial charge >= 0.3 is 4.45 Å². The van der Waals surface area contributed by atoms with Crippen LogP contribution in [-0.2, 0) is 9.47 Å². The van der Waals surface area contributed by atoms with Gasteiger partial charge in [0.1, 0.15) is 11.5 Å². The second-order valence-electron chi connectivity index (χ2n) is 7.69. The fourth-order valence-corrected chi connectivity index (χ4v) is 6.61. The molecule has 0 bridgehead atoms. The van der Waals surface area contributed by atoms with Crippen molar-refractivity contribution >= 4 is 44.9 Å². The first-order valence-corrected chi connectivity index (χ1v) is 12.4. The molecular weight excluding hydrogens is 444 g/mol. The summed E-state index contributed by atoms with van der Waals surface area (Å²) in [6.45, 7) is 0. The number of hydrogen-bond acceptors (Lipinski definition) is 4. The third kappa shape index (κ3) is 3.86. The molecular formula is C29H20O2S2. The SMILES string of the molecule is c1ccc(C2=C(c3ccccc3)SC3(O2)OC(c2ccccc2)=C(c2ccccc2)S3)cc1. The highest BCUT2D eigenvalue weighted by Gasteiger charge is 2.52. The molecule has 0 saturated carbocycles. The second-order valence-corrected chi connectivity index (χ2v) is 10.2. The number of rotatable bonds is 4. The lowest BCUT2D eigenvalue weighted by Crippen LogP contribution is -2.19. The first-order valence-electron chi connectivity index (χ1n) is 10.8. The molecule has 2 aliphatic rings. The van der Waals surface area contributed by atoms with Crippen molar-refractivity contribution in [3.05, 3.63) is 144 Å². The van der Waals surface area contributed by atoms with E-state index in [4.69, 9.17) is 9.47 Å². The quantitative estimate of drug-likeness (QED) is 0.303. The van der Waals surface area contributed by atoms with E-state index < -0.39 is 4.45 Å². The highest BCUT2D eigenvalue weighted by molar-refractivity contribution is 8.26. The van der Waals surface area contributed by atoms with Gasteiger partial charge in [-0.2, -0.15) is 0 Å². The van der Waals surface area contributed by atoms with E-state index in [0.29, 0.717) is 0 Å². The van der Waals surface area contributed by atoms with E-state index in [-0.39, 0.29) is 0 Å². The first-order chi connectivity index (χ1) is 16.3. The Morgan fingerprint density at radius 3 is 1.03 bits per heavy atom. The van der Waals surface area contributed by atoms with Crippen molar-refractivity contribution in [1.82, 2.24) is 0 Å². The van der Waals surface area contributed by atoms with E-state index in [1.54, 1.807) is 23.5 Å². The molecule has 2 nitrogen and oxygen atoms in total. The zero-order valence-corrected chi connectivity index (χ0v) is 19.3. The van der Waals surface area contributed by atoms with Crippen molar-refractivity contribution in [3.8, 4) is 0 Å². The van der Waals surface area contributed by atoms with Crippen molar-refractivity contribution in [3.63, 3.8) is 0 Å². The van der Waals surface area contributed by atoms with Gasteiger partial charge in [0.2, 0.25) is 0 Å². The Hall–Kier alpha value is -3.34. The second kappa shape index (κ2) is 8.54. The summed E-state index contributed by atoms with van der Waals surface area (Å²) in [5.41, 5.74) is 4.33. The predicted molar refractivity (Wildman–Crippen MR) is 139 cm³/mol. The van der Waals surface area contributed by atoms with Gasteiger partial charge in [0.15, 0.2) is 0 Å². The lowest BCUT2D eigenvalue weighted by atomic mass is 10.1. The summed E-state index contributed by atoms with van der Waals surface area (Å²) >= 11 is 3.26. The summed E-state index contributed by atoms with van der Waals surface area (Å²) in [6, 6.07) is 41.3. The fraction of sp³-hybridized carbons (Fsp3) is 0.0345. The van der Waals surface area contributed by atoms with Gasteiger partial charge in [-0.05, 0) is 34.7 Å². The van der Waals surface area contributed by atoms with Crippen LogP contribution < -0.4 is 0 Å². The fourth-order valence-electron chi connectivity index (χ4n) is 3.93. The van der Waals surface area contributed by atoms with Crippen LogP contribution in [-0.4, -0.2) is 4.45 Å². The molecule has 0 aliphatic carbocycles. The van der Waals surface area contributed by atoms with Gasteiger partial charge in [0.05, 0.1) is 9.81 Å². The zero-order valence-electron chi connectivity index (χ0n) is 17.7. The minimum atomic E-state index is -0.924. The maximum atomic E-state index is 6.71. The maximum Gasteiger partial charge on any atom is 0.364 e. The van der Waals surface area contributed by atoms with Crippen LogP contribution in [0.1, 0.15) is 22.3 Å². The summed E-state index contributed by atoms with van der Waals surface area (Å²) in [5, 5.41) is 0. The molecule has 160 valence electrons. The topological polar surface area (TPSA) is 18.5 Å². The van der Waals surface area contributed by atoms with Gasteiger partial charge in [-0.1, -0.05) is 121 Å². The molecule has 6 rings (SSSR count). The lowest BCUT2D eigenvalue weighted by molar-refractivity contribution is 0.0165. The van der Waals surface area contributed by atoms with E-state index >= 15 is 0 Å². The molecule has 0 unspecified atom stereocenters. The summed E-state index contributed by atoms with van der Waals surface area (Å²) in [7, 11) is 0. The third-order valence-corrected chi connectivity index (χ3v) is 8.05. The molecule has 4 aromatic rings. The predicted octanol–water partition coefficient (Wildman–Crippen LogP) is 8.18. The Kier molecular flexibility index (Phi) is 5.25. The van der Waals surface area contributed by atoms with Crippen LogP contribution in [0.5, 0.6) is 0 Å². The number of benzene rings is 4. The normalized spacial score (nSPS) is 16.7. The van der Waals surface area contributed by atoms with Crippen LogP contribution in [0.25, 0.3) is 21.3 Å². The van der Waals surface area contributed by atoms with E-state index in [9.17, 15) is 0 Å². The third-order valence-electron chi connectivity index (χ3n) is 5.46. The average molecular weight is 465 g/mol. The Morgan fingerprint density at radius 2 is 0.697 bits per heavy atom. The van der Waals surface area contributed by atoms with Crippen molar-refractivity contribution in [2.45, 2.75) is 4.45 Å². The molecule has 0 saturated heterocycles. The molecule has 0 amide bonds.